The molecule has 1 rings (SSSR count). The number of hydrogen-bond donors (Lipinski definition) is 1. The highest BCUT2D eigenvalue weighted by Gasteiger charge is 2.23. The first-order chi connectivity index (χ1) is 6.65. The molecule has 0 aromatic carbocycles. The molecule has 0 amide bonds. The molecule has 0 aliphatic heterocycles. The summed E-state index contributed by atoms with van der Waals surface area (Å²) in [7, 11) is 0. The minimum Gasteiger partial charge on any atom is -0.464 e. The van der Waals surface area contributed by atoms with E-state index in [1.165, 1.54) is 0 Å². The van der Waals surface area contributed by atoms with Gasteiger partial charge >= 0.3 is 5.97 Å². The SMILES string of the molecule is CCOC(=O)C(O)C1=CCC(C)CC1. The third-order valence-electron chi connectivity index (χ3n) is 2.57. The Hall–Kier alpha value is -0.830. The standard InChI is InChI=1S/C11H18O3/c1-3-14-11(13)10(12)9-6-4-8(2)5-7-9/h6,8,10,12H,3-5,7H2,1-2H3. The lowest BCUT2D eigenvalue weighted by Gasteiger charge is -2.20. The van der Waals surface area contributed by atoms with Crippen molar-refractivity contribution < 1.29 is 14.6 Å². The molecule has 0 aromatic heterocycles. The Morgan fingerprint density at radius 1 is 1.79 bits per heavy atom. The van der Waals surface area contributed by atoms with Gasteiger partial charge < -0.3 is 9.84 Å². The van der Waals surface area contributed by atoms with Crippen LogP contribution < -0.4 is 0 Å². The Morgan fingerprint density at radius 3 is 3.00 bits per heavy atom. The van der Waals surface area contributed by atoms with Crippen molar-refractivity contribution in [3.8, 4) is 0 Å². The van der Waals surface area contributed by atoms with Crippen LogP contribution in [0.2, 0.25) is 0 Å². The Labute approximate surface area is 84.8 Å². The van der Waals surface area contributed by atoms with Crippen LogP contribution in [-0.2, 0) is 9.53 Å². The number of esters is 1. The average molecular weight is 198 g/mol. The molecule has 1 N–H and O–H groups in total. The van der Waals surface area contributed by atoms with Crippen LogP contribution in [-0.4, -0.2) is 23.8 Å². The normalized spacial score (nSPS) is 23.9. The molecule has 0 fully saturated rings. The van der Waals surface area contributed by atoms with Crippen molar-refractivity contribution in [3.05, 3.63) is 11.6 Å². The molecule has 0 aromatic rings. The zero-order valence-electron chi connectivity index (χ0n) is 8.82. The summed E-state index contributed by atoms with van der Waals surface area (Å²) in [4.78, 5) is 11.2. The lowest BCUT2D eigenvalue weighted by molar-refractivity contribution is -0.151. The molecule has 3 heteroatoms. The molecule has 1 aliphatic carbocycles. The molecule has 0 spiro atoms. The molecule has 0 heterocycles. The lowest BCUT2D eigenvalue weighted by atomic mass is 9.89. The summed E-state index contributed by atoms with van der Waals surface area (Å²) in [6, 6.07) is 0. The number of rotatable bonds is 3. The molecular weight excluding hydrogens is 180 g/mol. The Morgan fingerprint density at radius 2 is 2.50 bits per heavy atom. The van der Waals surface area contributed by atoms with E-state index < -0.39 is 12.1 Å². The van der Waals surface area contributed by atoms with Gasteiger partial charge in [-0.3, -0.25) is 0 Å². The van der Waals surface area contributed by atoms with Crippen molar-refractivity contribution in [1.29, 1.82) is 0 Å². The molecule has 0 radical (unpaired) electrons. The summed E-state index contributed by atoms with van der Waals surface area (Å²) in [6.07, 6.45) is 3.73. The lowest BCUT2D eigenvalue weighted by Crippen LogP contribution is -2.26. The summed E-state index contributed by atoms with van der Waals surface area (Å²) >= 11 is 0. The van der Waals surface area contributed by atoms with Crippen molar-refractivity contribution >= 4 is 5.97 Å². The number of carbonyl (C=O) groups excluding carboxylic acids is 1. The topological polar surface area (TPSA) is 46.5 Å². The Bertz CT molecular complexity index is 233. The van der Waals surface area contributed by atoms with Crippen LogP contribution in [0.4, 0.5) is 0 Å². The van der Waals surface area contributed by atoms with E-state index in [0.717, 1.165) is 24.8 Å². The van der Waals surface area contributed by atoms with Gasteiger partial charge in [0, 0.05) is 0 Å². The van der Waals surface area contributed by atoms with Gasteiger partial charge in [-0.15, -0.1) is 0 Å². The van der Waals surface area contributed by atoms with Crippen molar-refractivity contribution in [3.63, 3.8) is 0 Å². The second kappa shape index (κ2) is 5.15. The molecule has 1 aliphatic rings. The van der Waals surface area contributed by atoms with Crippen molar-refractivity contribution in [2.75, 3.05) is 6.61 Å². The van der Waals surface area contributed by atoms with Crippen molar-refractivity contribution in [1.82, 2.24) is 0 Å². The van der Waals surface area contributed by atoms with Crippen LogP contribution in [0, 0.1) is 5.92 Å². The number of carbonyl (C=O) groups is 1. The van der Waals surface area contributed by atoms with Crippen molar-refractivity contribution in [2.24, 2.45) is 5.92 Å². The van der Waals surface area contributed by atoms with Crippen LogP contribution in [0.5, 0.6) is 0 Å². The zero-order valence-corrected chi connectivity index (χ0v) is 8.82. The van der Waals surface area contributed by atoms with E-state index in [1.807, 2.05) is 6.08 Å². The third-order valence-corrected chi connectivity index (χ3v) is 2.57. The fourth-order valence-corrected chi connectivity index (χ4v) is 1.61. The van der Waals surface area contributed by atoms with E-state index in [9.17, 15) is 9.90 Å². The van der Waals surface area contributed by atoms with E-state index in [-0.39, 0.29) is 0 Å². The quantitative estimate of drug-likeness (QED) is 0.554. The molecule has 0 saturated heterocycles. The van der Waals surface area contributed by atoms with Crippen LogP contribution in [0.15, 0.2) is 11.6 Å². The van der Waals surface area contributed by atoms with E-state index in [1.54, 1.807) is 6.92 Å². The number of ether oxygens (including phenoxy) is 1. The van der Waals surface area contributed by atoms with Gasteiger partial charge in [0.15, 0.2) is 6.10 Å². The molecule has 0 saturated carbocycles. The van der Waals surface area contributed by atoms with Gasteiger partial charge in [0.1, 0.15) is 0 Å². The predicted octanol–water partition coefficient (Wildman–Crippen LogP) is 1.66. The second-order valence-corrected chi connectivity index (χ2v) is 3.81. The third kappa shape index (κ3) is 2.84. The van der Waals surface area contributed by atoms with Crippen LogP contribution >= 0.6 is 0 Å². The number of hydrogen-bond acceptors (Lipinski definition) is 3. The highest BCUT2D eigenvalue weighted by molar-refractivity contribution is 5.78. The predicted molar refractivity (Wildman–Crippen MR) is 53.7 cm³/mol. The highest BCUT2D eigenvalue weighted by Crippen LogP contribution is 2.25. The monoisotopic (exact) mass is 198 g/mol. The highest BCUT2D eigenvalue weighted by atomic mass is 16.5. The summed E-state index contributed by atoms with van der Waals surface area (Å²) in [6.45, 7) is 4.23. The van der Waals surface area contributed by atoms with E-state index in [0.29, 0.717) is 12.5 Å². The van der Waals surface area contributed by atoms with Gasteiger partial charge in [-0.25, -0.2) is 4.79 Å². The van der Waals surface area contributed by atoms with Gasteiger partial charge in [-0.1, -0.05) is 13.0 Å². The van der Waals surface area contributed by atoms with E-state index >= 15 is 0 Å². The summed E-state index contributed by atoms with van der Waals surface area (Å²) in [5, 5.41) is 9.62. The Balaban J connectivity index is 2.52. The maximum atomic E-state index is 11.2. The first-order valence-corrected chi connectivity index (χ1v) is 5.18. The van der Waals surface area contributed by atoms with E-state index in [2.05, 4.69) is 6.92 Å². The van der Waals surface area contributed by atoms with Gasteiger partial charge in [0.2, 0.25) is 0 Å². The number of aliphatic hydroxyl groups excluding tert-OH is 1. The van der Waals surface area contributed by atoms with Crippen LogP contribution in [0.1, 0.15) is 33.1 Å². The van der Waals surface area contributed by atoms with E-state index in [4.69, 9.17) is 4.74 Å². The summed E-state index contributed by atoms with van der Waals surface area (Å²) in [5.41, 5.74) is 0.821. The molecule has 2 unspecified atom stereocenters. The minimum atomic E-state index is -1.04. The first kappa shape index (κ1) is 11.2. The second-order valence-electron chi connectivity index (χ2n) is 3.81. The van der Waals surface area contributed by atoms with Gasteiger partial charge in [-0.05, 0) is 37.7 Å². The largest absolute Gasteiger partial charge is 0.464 e. The molecule has 80 valence electrons. The number of aliphatic hydroxyl groups is 1. The smallest absolute Gasteiger partial charge is 0.339 e. The molecule has 2 atom stereocenters. The maximum Gasteiger partial charge on any atom is 0.339 e. The van der Waals surface area contributed by atoms with Crippen molar-refractivity contribution in [2.45, 2.75) is 39.2 Å². The zero-order chi connectivity index (χ0) is 10.6. The molecular formula is C11H18O3. The van der Waals surface area contributed by atoms with Gasteiger partial charge in [-0.2, -0.15) is 0 Å². The Kier molecular flexibility index (Phi) is 4.14. The average Bonchev–Trinajstić information content (AvgIpc) is 2.18. The van der Waals surface area contributed by atoms with Crippen LogP contribution in [0.25, 0.3) is 0 Å². The fraction of sp³-hybridized carbons (Fsp3) is 0.727. The van der Waals surface area contributed by atoms with Gasteiger partial charge in [0.25, 0.3) is 0 Å². The molecule has 3 nitrogen and oxygen atoms in total. The maximum absolute atomic E-state index is 11.2. The fourth-order valence-electron chi connectivity index (χ4n) is 1.61. The molecule has 0 bridgehead atoms. The minimum absolute atomic E-state index is 0.319. The summed E-state index contributed by atoms with van der Waals surface area (Å²) < 4.78 is 4.75. The van der Waals surface area contributed by atoms with Gasteiger partial charge in [0.05, 0.1) is 6.61 Å². The van der Waals surface area contributed by atoms with Crippen LogP contribution in [0.3, 0.4) is 0 Å². The first-order valence-electron chi connectivity index (χ1n) is 5.18. The molecule has 14 heavy (non-hydrogen) atoms. The number of allylic oxidation sites excluding steroid dienone is 1. The summed E-state index contributed by atoms with van der Waals surface area (Å²) in [5.74, 6) is 0.140.